The van der Waals surface area contributed by atoms with Gasteiger partial charge in [-0.15, -0.1) is 24.0 Å². The zero-order valence-corrected chi connectivity index (χ0v) is 19.4. The number of rotatable bonds is 7. The van der Waals surface area contributed by atoms with E-state index < -0.39 is 11.7 Å². The third-order valence-electron chi connectivity index (χ3n) is 4.26. The Morgan fingerprint density at radius 3 is 2.71 bits per heavy atom. The third kappa shape index (κ3) is 6.67. The van der Waals surface area contributed by atoms with Crippen LogP contribution in [-0.4, -0.2) is 45.3 Å². The lowest BCUT2D eigenvalue weighted by atomic mass is 10.1. The second kappa shape index (κ2) is 11.1. The van der Waals surface area contributed by atoms with Crippen molar-refractivity contribution in [3.63, 3.8) is 0 Å². The van der Waals surface area contributed by atoms with Crippen LogP contribution in [0.5, 0.6) is 0 Å². The highest BCUT2D eigenvalue weighted by Gasteiger charge is 2.30. The maximum atomic E-state index is 12.9. The summed E-state index contributed by atoms with van der Waals surface area (Å²) < 4.78 is 40.2. The number of benzene rings is 1. The number of aryl methyl sites for hydroxylation is 1. The Hall–Kier alpha value is -2.64. The van der Waals surface area contributed by atoms with Crippen molar-refractivity contribution in [1.82, 2.24) is 30.4 Å². The number of halogens is 4. The molecule has 0 atom stereocenters. The van der Waals surface area contributed by atoms with Crippen molar-refractivity contribution in [1.29, 1.82) is 0 Å². The van der Waals surface area contributed by atoms with E-state index >= 15 is 0 Å². The molecule has 3 rings (SSSR count). The van der Waals surface area contributed by atoms with Gasteiger partial charge in [-0.2, -0.15) is 18.3 Å². The van der Waals surface area contributed by atoms with E-state index in [1.165, 1.54) is 12.4 Å². The minimum absolute atomic E-state index is 0. The van der Waals surface area contributed by atoms with Crippen molar-refractivity contribution in [3.05, 3.63) is 47.9 Å². The number of guanidine groups is 1. The highest BCUT2D eigenvalue weighted by atomic mass is 127. The molecule has 2 heterocycles. The van der Waals surface area contributed by atoms with Gasteiger partial charge < -0.3 is 16.0 Å². The zero-order chi connectivity index (χ0) is 21.6. The monoisotopic (exact) mass is 548 g/mol. The molecular formula is C19H24F3IN8. The van der Waals surface area contributed by atoms with Gasteiger partial charge in [0.05, 0.1) is 23.7 Å². The van der Waals surface area contributed by atoms with Crippen molar-refractivity contribution < 1.29 is 13.2 Å². The van der Waals surface area contributed by atoms with Crippen LogP contribution in [0, 0.1) is 0 Å². The van der Waals surface area contributed by atoms with Crippen LogP contribution in [0.15, 0.2) is 41.8 Å². The molecule has 12 heteroatoms. The fraction of sp³-hybridized carbons (Fsp3) is 0.368. The molecule has 0 fully saturated rings. The summed E-state index contributed by atoms with van der Waals surface area (Å²) in [5.74, 6) is 1.20. The summed E-state index contributed by atoms with van der Waals surface area (Å²) in [7, 11) is 1.81. The predicted molar refractivity (Wildman–Crippen MR) is 124 cm³/mol. The Kier molecular flexibility index (Phi) is 8.83. The van der Waals surface area contributed by atoms with Crippen LogP contribution < -0.4 is 16.0 Å². The number of hydrogen-bond donors (Lipinski definition) is 3. The minimum atomic E-state index is -4.37. The fourth-order valence-corrected chi connectivity index (χ4v) is 2.82. The van der Waals surface area contributed by atoms with Crippen molar-refractivity contribution in [2.45, 2.75) is 19.6 Å². The number of fused-ring (bicyclic) bond motifs is 1. The lowest BCUT2D eigenvalue weighted by Crippen LogP contribution is -2.39. The summed E-state index contributed by atoms with van der Waals surface area (Å²) in [6.45, 7) is 3.76. The van der Waals surface area contributed by atoms with Crippen molar-refractivity contribution >= 4 is 46.8 Å². The second-order valence-corrected chi connectivity index (χ2v) is 6.47. The minimum Gasteiger partial charge on any atom is -0.368 e. The third-order valence-corrected chi connectivity index (χ3v) is 4.26. The van der Waals surface area contributed by atoms with E-state index in [4.69, 9.17) is 0 Å². The summed E-state index contributed by atoms with van der Waals surface area (Å²) in [5, 5.41) is 14.4. The van der Waals surface area contributed by atoms with E-state index in [9.17, 15) is 13.2 Å². The predicted octanol–water partition coefficient (Wildman–Crippen LogP) is 3.17. The van der Waals surface area contributed by atoms with E-state index in [1.54, 1.807) is 16.9 Å². The molecule has 0 aliphatic heterocycles. The topological polar surface area (TPSA) is 92.1 Å². The number of alkyl halides is 3. The van der Waals surface area contributed by atoms with Gasteiger partial charge in [0.1, 0.15) is 12.1 Å². The first-order valence-electron chi connectivity index (χ1n) is 9.43. The van der Waals surface area contributed by atoms with Gasteiger partial charge in [-0.25, -0.2) is 15.0 Å². The number of aliphatic imine (C=N–C) groups is 1. The average molecular weight is 548 g/mol. The van der Waals surface area contributed by atoms with Crippen molar-refractivity contribution in [3.8, 4) is 0 Å². The average Bonchev–Trinajstić information content (AvgIpc) is 3.10. The molecule has 0 aliphatic rings. The number of aromatic nitrogens is 4. The smallest absolute Gasteiger partial charge is 0.368 e. The SMILES string of the molecule is CCNC(=NCc1cccc(C(F)(F)F)c1)NCCNc1ncnc2c1cnn2C.I. The Labute approximate surface area is 194 Å². The Bertz CT molecular complexity index is 1020. The van der Waals surface area contributed by atoms with Gasteiger partial charge in [-0.3, -0.25) is 4.68 Å². The largest absolute Gasteiger partial charge is 0.416 e. The first kappa shape index (κ1) is 24.6. The summed E-state index contributed by atoms with van der Waals surface area (Å²) in [5.41, 5.74) is 0.542. The van der Waals surface area contributed by atoms with Crippen molar-refractivity contribution in [2.24, 2.45) is 12.0 Å². The molecule has 0 radical (unpaired) electrons. The van der Waals surface area contributed by atoms with Gasteiger partial charge in [-0.1, -0.05) is 12.1 Å². The van der Waals surface area contributed by atoms with Gasteiger partial charge in [0.25, 0.3) is 0 Å². The van der Waals surface area contributed by atoms with Crippen LogP contribution in [0.2, 0.25) is 0 Å². The standard InChI is InChI=1S/C19H23F3N8.HI/c1-3-23-18(26-10-13-5-4-6-14(9-13)19(20,21)22)25-8-7-24-16-15-11-29-30(2)17(15)28-12-27-16;/h4-6,9,11-12H,3,7-8,10H2,1-2H3,(H2,23,25,26)(H,24,27,28);1H. The highest BCUT2D eigenvalue weighted by molar-refractivity contribution is 14.0. The Balaban J connectivity index is 0.00000341. The molecule has 31 heavy (non-hydrogen) atoms. The van der Waals surface area contributed by atoms with Crippen LogP contribution in [0.4, 0.5) is 19.0 Å². The molecular weight excluding hydrogens is 524 g/mol. The number of nitrogens with zero attached hydrogens (tertiary/aromatic N) is 5. The maximum absolute atomic E-state index is 12.9. The van der Waals surface area contributed by atoms with Gasteiger partial charge in [0.2, 0.25) is 0 Å². The van der Waals surface area contributed by atoms with Gasteiger partial charge in [0.15, 0.2) is 11.6 Å². The van der Waals surface area contributed by atoms with E-state index in [1.807, 2.05) is 14.0 Å². The highest BCUT2D eigenvalue weighted by Crippen LogP contribution is 2.29. The van der Waals surface area contributed by atoms with Crippen LogP contribution >= 0.6 is 24.0 Å². The molecule has 0 bridgehead atoms. The molecule has 2 aromatic heterocycles. The molecule has 0 saturated heterocycles. The van der Waals surface area contributed by atoms with Gasteiger partial charge >= 0.3 is 6.18 Å². The van der Waals surface area contributed by atoms with Crippen LogP contribution in [-0.2, 0) is 19.8 Å². The van der Waals surface area contributed by atoms with Gasteiger partial charge in [0, 0.05) is 26.7 Å². The molecule has 0 spiro atoms. The Morgan fingerprint density at radius 2 is 1.97 bits per heavy atom. The first-order valence-corrected chi connectivity index (χ1v) is 9.43. The lowest BCUT2D eigenvalue weighted by molar-refractivity contribution is -0.137. The number of nitrogens with one attached hydrogen (secondary N) is 3. The molecule has 0 saturated carbocycles. The molecule has 0 unspecified atom stereocenters. The zero-order valence-electron chi connectivity index (χ0n) is 17.1. The first-order chi connectivity index (χ1) is 14.4. The molecule has 8 nitrogen and oxygen atoms in total. The Morgan fingerprint density at radius 1 is 1.16 bits per heavy atom. The van der Waals surface area contributed by atoms with Crippen LogP contribution in [0.1, 0.15) is 18.1 Å². The van der Waals surface area contributed by atoms with Crippen LogP contribution in [0.25, 0.3) is 11.0 Å². The second-order valence-electron chi connectivity index (χ2n) is 6.47. The van der Waals surface area contributed by atoms with Gasteiger partial charge in [-0.05, 0) is 24.6 Å². The number of hydrogen-bond acceptors (Lipinski definition) is 5. The van der Waals surface area contributed by atoms with E-state index in [0.717, 1.165) is 23.2 Å². The summed E-state index contributed by atoms with van der Waals surface area (Å²) >= 11 is 0. The van der Waals surface area contributed by atoms with E-state index in [-0.39, 0.29) is 30.5 Å². The molecule has 0 aliphatic carbocycles. The fourth-order valence-electron chi connectivity index (χ4n) is 2.82. The number of anilines is 1. The summed E-state index contributed by atoms with van der Waals surface area (Å²) in [6, 6.07) is 5.18. The molecule has 3 N–H and O–H groups in total. The molecule has 0 amide bonds. The lowest BCUT2D eigenvalue weighted by Gasteiger charge is -2.13. The summed E-state index contributed by atoms with van der Waals surface area (Å²) in [6.07, 6.45) is -1.19. The van der Waals surface area contributed by atoms with Crippen LogP contribution in [0.3, 0.4) is 0 Å². The molecule has 168 valence electrons. The molecule has 3 aromatic rings. The summed E-state index contributed by atoms with van der Waals surface area (Å²) in [4.78, 5) is 12.8. The van der Waals surface area contributed by atoms with Crippen molar-refractivity contribution in [2.75, 3.05) is 25.0 Å². The van der Waals surface area contributed by atoms with E-state index in [0.29, 0.717) is 37.0 Å². The normalized spacial score (nSPS) is 11.8. The molecule has 1 aromatic carbocycles. The maximum Gasteiger partial charge on any atom is 0.416 e. The van der Waals surface area contributed by atoms with E-state index in [2.05, 4.69) is 36.0 Å². The quantitative estimate of drug-likeness (QED) is 0.182.